The number of imidazole rings is 1. The zero-order valence-corrected chi connectivity index (χ0v) is 14.7. The van der Waals surface area contributed by atoms with Gasteiger partial charge in [0, 0.05) is 6.54 Å². The molecule has 128 valence electrons. The van der Waals surface area contributed by atoms with Gasteiger partial charge in [0.25, 0.3) is 0 Å². The van der Waals surface area contributed by atoms with Crippen LogP contribution in [0.4, 0.5) is 0 Å². The molecule has 0 unspecified atom stereocenters. The summed E-state index contributed by atoms with van der Waals surface area (Å²) in [5.41, 5.74) is 4.53. The molecule has 0 saturated carbocycles. The third-order valence-corrected chi connectivity index (χ3v) is 4.41. The molecule has 0 spiro atoms. The number of hydrogen-bond donors (Lipinski definition) is 0. The summed E-state index contributed by atoms with van der Waals surface area (Å²) in [5.74, 6) is 1.81. The molecule has 0 saturated heterocycles. The van der Waals surface area contributed by atoms with Crippen molar-refractivity contribution < 1.29 is 4.74 Å². The fourth-order valence-corrected chi connectivity index (χ4v) is 3.04. The smallest absolute Gasteiger partial charge is 0.134 e. The highest BCUT2D eigenvalue weighted by Gasteiger charge is 2.08. The molecule has 0 aliphatic carbocycles. The van der Waals surface area contributed by atoms with Crippen molar-refractivity contribution in [2.24, 2.45) is 0 Å². The summed E-state index contributed by atoms with van der Waals surface area (Å²) in [6, 6.07) is 26.7. The van der Waals surface area contributed by atoms with Crippen molar-refractivity contribution in [3.63, 3.8) is 0 Å². The maximum Gasteiger partial charge on any atom is 0.134 e. The van der Waals surface area contributed by atoms with E-state index in [9.17, 15) is 0 Å². The van der Waals surface area contributed by atoms with E-state index in [1.54, 1.807) is 7.11 Å². The van der Waals surface area contributed by atoms with Crippen LogP contribution >= 0.6 is 0 Å². The standard InChI is InChI=1S/C23H20N2O/c1-26-20-14-11-18(12-15-20)13-16-23-24-21-9-5-6-10-22(21)25(23)17-19-7-3-2-4-8-19/h2-16H,17H2,1H3. The summed E-state index contributed by atoms with van der Waals surface area (Å²) < 4.78 is 7.47. The molecule has 4 aromatic rings. The van der Waals surface area contributed by atoms with E-state index in [1.165, 1.54) is 5.56 Å². The Bertz CT molecular complexity index is 1030. The van der Waals surface area contributed by atoms with E-state index in [2.05, 4.69) is 59.2 Å². The van der Waals surface area contributed by atoms with Crippen LogP contribution in [0.1, 0.15) is 17.0 Å². The maximum atomic E-state index is 5.22. The lowest BCUT2D eigenvalue weighted by Crippen LogP contribution is -2.01. The monoisotopic (exact) mass is 340 g/mol. The van der Waals surface area contributed by atoms with E-state index in [1.807, 2.05) is 36.4 Å². The number of para-hydroxylation sites is 2. The molecule has 0 aliphatic heterocycles. The number of methoxy groups -OCH3 is 1. The van der Waals surface area contributed by atoms with Crippen molar-refractivity contribution in [1.82, 2.24) is 9.55 Å². The topological polar surface area (TPSA) is 27.1 Å². The molecule has 1 aromatic heterocycles. The Morgan fingerprint density at radius 1 is 0.846 bits per heavy atom. The second kappa shape index (κ2) is 7.28. The minimum atomic E-state index is 0.795. The summed E-state index contributed by atoms with van der Waals surface area (Å²) in [5, 5.41) is 0. The molecule has 26 heavy (non-hydrogen) atoms. The van der Waals surface area contributed by atoms with Gasteiger partial charge in [-0.3, -0.25) is 0 Å². The quantitative estimate of drug-likeness (QED) is 0.495. The van der Waals surface area contributed by atoms with Gasteiger partial charge >= 0.3 is 0 Å². The normalized spacial score (nSPS) is 11.3. The highest BCUT2D eigenvalue weighted by atomic mass is 16.5. The zero-order valence-electron chi connectivity index (χ0n) is 14.7. The van der Waals surface area contributed by atoms with Crippen LogP contribution in [-0.2, 0) is 6.54 Å². The fourth-order valence-electron chi connectivity index (χ4n) is 3.04. The predicted octanol–water partition coefficient (Wildman–Crippen LogP) is 5.26. The Labute approximate surface area is 153 Å². The molecule has 0 bridgehead atoms. The SMILES string of the molecule is COc1ccc(C=Cc2nc3ccccc3n2Cc2ccccc2)cc1. The van der Waals surface area contributed by atoms with Gasteiger partial charge in [0.05, 0.1) is 18.1 Å². The maximum absolute atomic E-state index is 5.22. The van der Waals surface area contributed by atoms with Crippen molar-refractivity contribution >= 4 is 23.2 Å². The molecule has 3 aromatic carbocycles. The number of benzene rings is 3. The Balaban J connectivity index is 1.71. The van der Waals surface area contributed by atoms with Crippen LogP contribution in [0, 0.1) is 0 Å². The predicted molar refractivity (Wildman–Crippen MR) is 107 cm³/mol. The molecule has 4 rings (SSSR count). The van der Waals surface area contributed by atoms with Crippen molar-refractivity contribution in [2.45, 2.75) is 6.54 Å². The van der Waals surface area contributed by atoms with Crippen molar-refractivity contribution in [2.75, 3.05) is 7.11 Å². The van der Waals surface area contributed by atoms with Gasteiger partial charge in [-0.1, -0.05) is 60.7 Å². The van der Waals surface area contributed by atoms with E-state index in [-0.39, 0.29) is 0 Å². The van der Waals surface area contributed by atoms with Gasteiger partial charge in [0.2, 0.25) is 0 Å². The molecule has 3 heteroatoms. The number of nitrogens with zero attached hydrogens (tertiary/aromatic N) is 2. The molecule has 0 amide bonds. The van der Waals surface area contributed by atoms with Gasteiger partial charge in [0.1, 0.15) is 11.6 Å². The van der Waals surface area contributed by atoms with E-state index in [4.69, 9.17) is 9.72 Å². The first-order valence-electron chi connectivity index (χ1n) is 8.65. The third kappa shape index (κ3) is 3.38. The summed E-state index contributed by atoms with van der Waals surface area (Å²) in [7, 11) is 1.68. The number of rotatable bonds is 5. The minimum Gasteiger partial charge on any atom is -0.497 e. The molecule has 1 heterocycles. The molecular weight excluding hydrogens is 320 g/mol. The number of fused-ring (bicyclic) bond motifs is 1. The highest BCUT2D eigenvalue weighted by molar-refractivity contribution is 5.80. The molecule has 0 N–H and O–H groups in total. The average molecular weight is 340 g/mol. The molecular formula is C23H20N2O. The zero-order chi connectivity index (χ0) is 17.8. The van der Waals surface area contributed by atoms with Gasteiger partial charge in [-0.2, -0.15) is 0 Å². The summed E-state index contributed by atoms with van der Waals surface area (Å²) in [6.45, 7) is 0.795. The van der Waals surface area contributed by atoms with Crippen LogP contribution in [0.3, 0.4) is 0 Å². The van der Waals surface area contributed by atoms with Crippen LogP contribution in [0.15, 0.2) is 78.9 Å². The molecule has 0 aliphatic rings. The second-order valence-electron chi connectivity index (χ2n) is 6.14. The van der Waals surface area contributed by atoms with Crippen molar-refractivity contribution in [3.8, 4) is 5.75 Å². The van der Waals surface area contributed by atoms with Gasteiger partial charge in [-0.05, 0) is 41.5 Å². The lowest BCUT2D eigenvalue weighted by atomic mass is 10.2. The Hall–Kier alpha value is -3.33. The highest BCUT2D eigenvalue weighted by Crippen LogP contribution is 2.20. The van der Waals surface area contributed by atoms with Crippen molar-refractivity contribution in [3.05, 3.63) is 95.8 Å². The van der Waals surface area contributed by atoms with E-state index in [0.717, 1.165) is 34.7 Å². The van der Waals surface area contributed by atoms with Crippen LogP contribution < -0.4 is 4.74 Å². The lowest BCUT2D eigenvalue weighted by Gasteiger charge is -2.07. The summed E-state index contributed by atoms with van der Waals surface area (Å²) >= 11 is 0. The fraction of sp³-hybridized carbons (Fsp3) is 0.0870. The van der Waals surface area contributed by atoms with Crippen LogP contribution in [0.5, 0.6) is 5.75 Å². The van der Waals surface area contributed by atoms with Crippen LogP contribution in [0.2, 0.25) is 0 Å². The number of hydrogen-bond acceptors (Lipinski definition) is 2. The summed E-state index contributed by atoms with van der Waals surface area (Å²) in [4.78, 5) is 4.81. The van der Waals surface area contributed by atoms with E-state index in [0.29, 0.717) is 0 Å². The molecule has 0 atom stereocenters. The number of aromatic nitrogens is 2. The van der Waals surface area contributed by atoms with E-state index < -0.39 is 0 Å². The Kier molecular flexibility index (Phi) is 4.52. The Morgan fingerprint density at radius 2 is 1.58 bits per heavy atom. The minimum absolute atomic E-state index is 0.795. The lowest BCUT2D eigenvalue weighted by molar-refractivity contribution is 0.415. The van der Waals surface area contributed by atoms with Gasteiger partial charge in [-0.25, -0.2) is 4.98 Å². The van der Waals surface area contributed by atoms with Gasteiger partial charge in [-0.15, -0.1) is 0 Å². The first-order chi connectivity index (χ1) is 12.8. The third-order valence-electron chi connectivity index (χ3n) is 4.41. The van der Waals surface area contributed by atoms with Gasteiger partial charge < -0.3 is 9.30 Å². The van der Waals surface area contributed by atoms with E-state index >= 15 is 0 Å². The number of ether oxygens (including phenoxy) is 1. The Morgan fingerprint density at radius 3 is 2.35 bits per heavy atom. The van der Waals surface area contributed by atoms with Gasteiger partial charge in [0.15, 0.2) is 0 Å². The largest absolute Gasteiger partial charge is 0.497 e. The van der Waals surface area contributed by atoms with Crippen molar-refractivity contribution in [1.29, 1.82) is 0 Å². The average Bonchev–Trinajstić information content (AvgIpc) is 3.05. The first kappa shape index (κ1) is 16.2. The summed E-state index contributed by atoms with van der Waals surface area (Å²) in [6.07, 6.45) is 4.16. The second-order valence-corrected chi connectivity index (χ2v) is 6.14. The molecule has 0 radical (unpaired) electrons. The molecule has 3 nitrogen and oxygen atoms in total. The van der Waals surface area contributed by atoms with Crippen LogP contribution in [-0.4, -0.2) is 16.7 Å². The first-order valence-corrected chi connectivity index (χ1v) is 8.65. The molecule has 0 fully saturated rings. The van der Waals surface area contributed by atoms with Crippen LogP contribution in [0.25, 0.3) is 23.2 Å².